The van der Waals surface area contributed by atoms with E-state index in [1.807, 2.05) is 29.3 Å². The number of benzene rings is 2. The highest BCUT2D eigenvalue weighted by molar-refractivity contribution is 5.94. The molecule has 2 aliphatic rings. The van der Waals surface area contributed by atoms with Crippen molar-refractivity contribution in [1.82, 2.24) is 9.88 Å². The van der Waals surface area contributed by atoms with Crippen LogP contribution in [0.4, 0.5) is 0 Å². The van der Waals surface area contributed by atoms with Gasteiger partial charge < -0.3 is 9.64 Å². The van der Waals surface area contributed by atoms with E-state index in [1.54, 1.807) is 0 Å². The Hall–Kier alpha value is -3.14. The number of hydrogen-bond acceptors (Lipinski definition) is 3. The zero-order valence-corrected chi connectivity index (χ0v) is 18.9. The van der Waals surface area contributed by atoms with Gasteiger partial charge in [0.1, 0.15) is 11.9 Å². The molecular formula is C28H30N2O2. The highest BCUT2D eigenvalue weighted by atomic mass is 16.5. The number of rotatable bonds is 4. The molecule has 5 rings (SSSR count). The van der Waals surface area contributed by atoms with Crippen molar-refractivity contribution in [3.8, 4) is 5.75 Å². The van der Waals surface area contributed by atoms with Gasteiger partial charge in [-0.25, -0.2) is 0 Å². The summed E-state index contributed by atoms with van der Waals surface area (Å²) in [6.45, 7) is 5.78. The van der Waals surface area contributed by atoms with E-state index >= 15 is 0 Å². The van der Waals surface area contributed by atoms with Crippen LogP contribution in [0.25, 0.3) is 0 Å². The SMILES string of the molecule is Cc1ccccc1Cc1ccc(C2CCN(C(=O)c3ccc4c(c3)C[C@@H](C)O4)CC2)nc1. The van der Waals surface area contributed by atoms with Crippen molar-refractivity contribution in [3.63, 3.8) is 0 Å². The highest BCUT2D eigenvalue weighted by Gasteiger charge is 2.27. The predicted molar refractivity (Wildman–Crippen MR) is 126 cm³/mol. The summed E-state index contributed by atoms with van der Waals surface area (Å²) in [5.74, 6) is 1.47. The minimum absolute atomic E-state index is 0.132. The second kappa shape index (κ2) is 8.78. The summed E-state index contributed by atoms with van der Waals surface area (Å²) < 4.78 is 5.77. The van der Waals surface area contributed by atoms with E-state index in [1.165, 1.54) is 16.7 Å². The number of aryl methyl sites for hydroxylation is 1. The Labute approximate surface area is 190 Å². The minimum atomic E-state index is 0.132. The van der Waals surface area contributed by atoms with Gasteiger partial charge in [0.05, 0.1) is 0 Å². The second-order valence-corrected chi connectivity index (χ2v) is 9.22. The van der Waals surface area contributed by atoms with Crippen molar-refractivity contribution in [2.45, 2.75) is 51.6 Å². The van der Waals surface area contributed by atoms with Crippen LogP contribution in [0.3, 0.4) is 0 Å². The van der Waals surface area contributed by atoms with Gasteiger partial charge >= 0.3 is 0 Å². The van der Waals surface area contributed by atoms with Crippen LogP contribution in [0.5, 0.6) is 5.75 Å². The van der Waals surface area contributed by atoms with Crippen LogP contribution in [-0.4, -0.2) is 35.0 Å². The van der Waals surface area contributed by atoms with Gasteiger partial charge in [0.15, 0.2) is 0 Å². The molecule has 3 heterocycles. The summed E-state index contributed by atoms with van der Waals surface area (Å²) >= 11 is 0. The molecule has 32 heavy (non-hydrogen) atoms. The number of piperidine rings is 1. The van der Waals surface area contributed by atoms with Crippen LogP contribution in [-0.2, 0) is 12.8 Å². The largest absolute Gasteiger partial charge is 0.490 e. The first-order valence-electron chi connectivity index (χ1n) is 11.6. The average Bonchev–Trinajstić information content (AvgIpc) is 3.20. The number of carbonyl (C=O) groups is 1. The lowest BCUT2D eigenvalue weighted by Crippen LogP contribution is -2.38. The van der Waals surface area contributed by atoms with Crippen LogP contribution in [0, 0.1) is 6.92 Å². The first kappa shape index (κ1) is 20.7. The first-order valence-corrected chi connectivity index (χ1v) is 11.6. The lowest BCUT2D eigenvalue weighted by Gasteiger charge is -2.32. The molecule has 0 unspecified atom stereocenters. The van der Waals surface area contributed by atoms with Crippen LogP contribution in [0.1, 0.15) is 64.0 Å². The molecule has 0 bridgehead atoms. The molecular weight excluding hydrogens is 396 g/mol. The van der Waals surface area contributed by atoms with Gasteiger partial charge in [-0.3, -0.25) is 9.78 Å². The maximum absolute atomic E-state index is 13.0. The molecule has 0 spiro atoms. The van der Waals surface area contributed by atoms with E-state index < -0.39 is 0 Å². The fourth-order valence-corrected chi connectivity index (χ4v) is 4.93. The maximum atomic E-state index is 13.0. The molecule has 2 aromatic carbocycles. The maximum Gasteiger partial charge on any atom is 0.253 e. The fraction of sp³-hybridized carbons (Fsp3) is 0.357. The number of amides is 1. The molecule has 0 radical (unpaired) electrons. The molecule has 4 nitrogen and oxygen atoms in total. The van der Waals surface area contributed by atoms with Gasteiger partial charge in [-0.15, -0.1) is 0 Å². The van der Waals surface area contributed by atoms with Crippen LogP contribution >= 0.6 is 0 Å². The molecule has 3 aromatic rings. The quantitative estimate of drug-likeness (QED) is 0.567. The average molecular weight is 427 g/mol. The molecule has 1 atom stereocenters. The standard InChI is InChI=1S/C28H30N2O2/c1-19-5-3-4-6-23(19)16-21-7-9-26(29-18-21)22-11-13-30(14-12-22)28(31)24-8-10-27-25(17-24)15-20(2)32-27/h3-10,17-18,20,22H,11-16H2,1-2H3/t20-/m1/s1. The summed E-state index contributed by atoms with van der Waals surface area (Å²) in [4.78, 5) is 19.8. The van der Waals surface area contributed by atoms with Gasteiger partial charge in [-0.2, -0.15) is 0 Å². The van der Waals surface area contributed by atoms with Crippen LogP contribution in [0.15, 0.2) is 60.8 Å². The van der Waals surface area contributed by atoms with Crippen molar-refractivity contribution in [3.05, 3.63) is 94.3 Å². The predicted octanol–water partition coefficient (Wildman–Crippen LogP) is 5.32. The molecule has 1 amide bonds. The third kappa shape index (κ3) is 4.27. The smallest absolute Gasteiger partial charge is 0.253 e. The van der Waals surface area contributed by atoms with E-state index in [4.69, 9.17) is 9.72 Å². The second-order valence-electron chi connectivity index (χ2n) is 9.22. The number of nitrogens with zero attached hydrogens (tertiary/aromatic N) is 2. The van der Waals surface area contributed by atoms with Gasteiger partial charge in [0.2, 0.25) is 0 Å². The Morgan fingerprint density at radius 3 is 2.66 bits per heavy atom. The van der Waals surface area contributed by atoms with Gasteiger partial charge in [-0.1, -0.05) is 30.3 Å². The molecule has 0 N–H and O–H groups in total. The van der Waals surface area contributed by atoms with Crippen molar-refractivity contribution < 1.29 is 9.53 Å². The molecule has 1 saturated heterocycles. The van der Waals surface area contributed by atoms with Gasteiger partial charge in [0.25, 0.3) is 5.91 Å². The highest BCUT2D eigenvalue weighted by Crippen LogP contribution is 2.31. The summed E-state index contributed by atoms with van der Waals surface area (Å²) in [5.41, 5.74) is 6.98. The zero-order valence-electron chi connectivity index (χ0n) is 18.9. The first-order chi connectivity index (χ1) is 15.6. The van der Waals surface area contributed by atoms with E-state index in [-0.39, 0.29) is 12.0 Å². The number of aromatic nitrogens is 1. The third-order valence-electron chi connectivity index (χ3n) is 6.85. The Balaban J connectivity index is 1.19. The molecule has 4 heteroatoms. The number of carbonyl (C=O) groups excluding carboxylic acids is 1. The minimum Gasteiger partial charge on any atom is -0.490 e. The van der Waals surface area contributed by atoms with Gasteiger partial charge in [-0.05, 0) is 79.6 Å². The molecule has 164 valence electrons. The zero-order chi connectivity index (χ0) is 22.1. The van der Waals surface area contributed by atoms with Crippen molar-refractivity contribution in [1.29, 1.82) is 0 Å². The number of likely N-dealkylation sites (tertiary alicyclic amines) is 1. The van der Waals surface area contributed by atoms with E-state index in [0.29, 0.717) is 5.92 Å². The van der Waals surface area contributed by atoms with Crippen molar-refractivity contribution in [2.24, 2.45) is 0 Å². The van der Waals surface area contributed by atoms with E-state index in [2.05, 4.69) is 50.2 Å². The van der Waals surface area contributed by atoms with Gasteiger partial charge in [0, 0.05) is 42.9 Å². The van der Waals surface area contributed by atoms with E-state index in [0.717, 1.165) is 61.3 Å². The topological polar surface area (TPSA) is 42.4 Å². The summed E-state index contributed by atoms with van der Waals surface area (Å²) in [6, 6.07) is 18.8. The summed E-state index contributed by atoms with van der Waals surface area (Å²) in [5, 5.41) is 0. The molecule has 0 saturated carbocycles. The lowest BCUT2D eigenvalue weighted by molar-refractivity contribution is 0.0712. The van der Waals surface area contributed by atoms with Crippen LogP contribution < -0.4 is 4.74 Å². The molecule has 2 aliphatic heterocycles. The fourth-order valence-electron chi connectivity index (χ4n) is 4.93. The molecule has 1 fully saturated rings. The summed E-state index contributed by atoms with van der Waals surface area (Å²) in [7, 11) is 0. The Kier molecular flexibility index (Phi) is 5.69. The van der Waals surface area contributed by atoms with E-state index in [9.17, 15) is 4.79 Å². The Morgan fingerprint density at radius 1 is 1.09 bits per heavy atom. The number of hydrogen-bond donors (Lipinski definition) is 0. The third-order valence-corrected chi connectivity index (χ3v) is 6.85. The molecule has 0 aliphatic carbocycles. The van der Waals surface area contributed by atoms with Crippen molar-refractivity contribution >= 4 is 5.91 Å². The normalized spacial score (nSPS) is 18.3. The number of pyridine rings is 1. The number of fused-ring (bicyclic) bond motifs is 1. The Bertz CT molecular complexity index is 1110. The number of ether oxygens (including phenoxy) is 1. The summed E-state index contributed by atoms with van der Waals surface area (Å²) in [6.07, 6.45) is 5.93. The monoisotopic (exact) mass is 426 g/mol. The van der Waals surface area contributed by atoms with Crippen LogP contribution in [0.2, 0.25) is 0 Å². The molecule has 1 aromatic heterocycles. The Morgan fingerprint density at radius 2 is 1.91 bits per heavy atom. The van der Waals surface area contributed by atoms with Crippen molar-refractivity contribution in [2.75, 3.05) is 13.1 Å². The lowest BCUT2D eigenvalue weighted by atomic mass is 9.92.